The Labute approximate surface area is 119 Å². The number of nitrogens with one attached hydrogen (secondary N) is 1. The average Bonchev–Trinajstić information content (AvgIpc) is 2.89. The van der Waals surface area contributed by atoms with Gasteiger partial charge in [0.15, 0.2) is 5.82 Å². The lowest BCUT2D eigenvalue weighted by molar-refractivity contribution is 0.181. The van der Waals surface area contributed by atoms with Crippen LogP contribution >= 0.6 is 0 Å². The highest BCUT2D eigenvalue weighted by Crippen LogP contribution is 2.19. The molecule has 0 unspecified atom stereocenters. The molecule has 0 aliphatic carbocycles. The number of hydrogen-bond donors (Lipinski definition) is 1. The summed E-state index contributed by atoms with van der Waals surface area (Å²) in [6.45, 7) is 7.49. The van der Waals surface area contributed by atoms with Crippen LogP contribution in [0.1, 0.15) is 32.5 Å². The number of ether oxygens (including phenoxy) is 1. The van der Waals surface area contributed by atoms with Crippen LogP contribution in [-0.4, -0.2) is 33.4 Å². The predicted octanol–water partition coefficient (Wildman–Crippen LogP) is 2.50. The van der Waals surface area contributed by atoms with Gasteiger partial charge < -0.3 is 10.1 Å². The molecule has 0 aliphatic rings. The second-order valence-corrected chi connectivity index (χ2v) is 4.83. The highest BCUT2D eigenvalue weighted by molar-refractivity contribution is 5.55. The van der Waals surface area contributed by atoms with Crippen molar-refractivity contribution in [1.29, 1.82) is 0 Å². The van der Waals surface area contributed by atoms with E-state index in [1.165, 1.54) is 0 Å². The summed E-state index contributed by atoms with van der Waals surface area (Å²) < 4.78 is 7.05. The SMILES string of the molecule is CCNc1cc(COC)nc(-c2cnn(C(C)C)c2)n1. The number of methoxy groups -OCH3 is 1. The fraction of sp³-hybridized carbons (Fsp3) is 0.500. The minimum atomic E-state index is 0.319. The highest BCUT2D eigenvalue weighted by atomic mass is 16.5. The summed E-state index contributed by atoms with van der Waals surface area (Å²) in [5.74, 6) is 1.48. The zero-order chi connectivity index (χ0) is 14.5. The van der Waals surface area contributed by atoms with Gasteiger partial charge in [-0.15, -0.1) is 0 Å². The summed E-state index contributed by atoms with van der Waals surface area (Å²) in [5.41, 5.74) is 1.77. The monoisotopic (exact) mass is 275 g/mol. The van der Waals surface area contributed by atoms with Crippen LogP contribution in [0.25, 0.3) is 11.4 Å². The van der Waals surface area contributed by atoms with Crippen molar-refractivity contribution in [2.45, 2.75) is 33.4 Å². The molecular formula is C14H21N5O. The number of aromatic nitrogens is 4. The average molecular weight is 275 g/mol. The number of rotatable bonds is 6. The van der Waals surface area contributed by atoms with Gasteiger partial charge in [0.25, 0.3) is 0 Å². The van der Waals surface area contributed by atoms with Gasteiger partial charge in [0.05, 0.1) is 24.1 Å². The summed E-state index contributed by atoms with van der Waals surface area (Å²) in [6, 6.07) is 2.22. The fourth-order valence-electron chi connectivity index (χ4n) is 1.86. The summed E-state index contributed by atoms with van der Waals surface area (Å²) in [6.07, 6.45) is 3.76. The molecule has 20 heavy (non-hydrogen) atoms. The lowest BCUT2D eigenvalue weighted by Gasteiger charge is -2.07. The molecule has 0 radical (unpaired) electrons. The minimum Gasteiger partial charge on any atom is -0.378 e. The molecule has 6 nitrogen and oxygen atoms in total. The van der Waals surface area contributed by atoms with Crippen molar-refractivity contribution in [2.24, 2.45) is 0 Å². The van der Waals surface area contributed by atoms with Crippen molar-refractivity contribution in [2.75, 3.05) is 19.0 Å². The van der Waals surface area contributed by atoms with E-state index >= 15 is 0 Å². The first-order chi connectivity index (χ1) is 9.63. The summed E-state index contributed by atoms with van der Waals surface area (Å²) in [5, 5.41) is 7.54. The molecule has 2 aromatic rings. The molecule has 0 saturated carbocycles. The molecule has 0 bridgehead atoms. The van der Waals surface area contributed by atoms with Gasteiger partial charge >= 0.3 is 0 Å². The molecule has 0 aliphatic heterocycles. The first kappa shape index (κ1) is 14.5. The van der Waals surface area contributed by atoms with Gasteiger partial charge in [0.1, 0.15) is 5.82 Å². The largest absolute Gasteiger partial charge is 0.378 e. The lowest BCUT2D eigenvalue weighted by Crippen LogP contribution is -2.04. The number of nitrogens with zero attached hydrogens (tertiary/aromatic N) is 4. The molecule has 0 saturated heterocycles. The maximum Gasteiger partial charge on any atom is 0.165 e. The molecule has 0 atom stereocenters. The Kier molecular flexibility index (Phi) is 4.68. The van der Waals surface area contributed by atoms with Crippen molar-refractivity contribution in [3.63, 3.8) is 0 Å². The van der Waals surface area contributed by atoms with Gasteiger partial charge in [-0.05, 0) is 20.8 Å². The van der Waals surface area contributed by atoms with Crippen molar-refractivity contribution in [3.8, 4) is 11.4 Å². The number of hydrogen-bond acceptors (Lipinski definition) is 5. The first-order valence-electron chi connectivity index (χ1n) is 6.79. The van der Waals surface area contributed by atoms with E-state index in [2.05, 4.69) is 34.2 Å². The molecule has 2 aromatic heterocycles. The standard InChI is InChI=1S/C14H21N5O/c1-5-15-13-6-12(9-20-4)17-14(18-13)11-7-16-19(8-11)10(2)3/h6-8,10H,5,9H2,1-4H3,(H,15,17,18). The molecule has 0 amide bonds. The molecule has 2 heterocycles. The molecule has 0 fully saturated rings. The molecule has 0 spiro atoms. The van der Waals surface area contributed by atoms with Crippen LogP contribution < -0.4 is 5.32 Å². The van der Waals surface area contributed by atoms with Gasteiger partial charge in [-0.1, -0.05) is 0 Å². The van der Waals surface area contributed by atoms with E-state index < -0.39 is 0 Å². The molecule has 2 rings (SSSR count). The Morgan fingerprint density at radius 3 is 2.75 bits per heavy atom. The van der Waals surface area contributed by atoms with Crippen molar-refractivity contribution in [1.82, 2.24) is 19.7 Å². The van der Waals surface area contributed by atoms with Crippen molar-refractivity contribution in [3.05, 3.63) is 24.2 Å². The van der Waals surface area contributed by atoms with E-state index in [-0.39, 0.29) is 0 Å². The third-order valence-electron chi connectivity index (χ3n) is 2.82. The van der Waals surface area contributed by atoms with E-state index in [0.717, 1.165) is 23.6 Å². The molecule has 1 N–H and O–H groups in total. The third kappa shape index (κ3) is 3.33. The third-order valence-corrected chi connectivity index (χ3v) is 2.82. The van der Waals surface area contributed by atoms with E-state index in [0.29, 0.717) is 18.5 Å². The quantitative estimate of drug-likeness (QED) is 0.877. The predicted molar refractivity (Wildman–Crippen MR) is 78.5 cm³/mol. The zero-order valence-corrected chi connectivity index (χ0v) is 12.4. The van der Waals surface area contributed by atoms with Crippen LogP contribution in [-0.2, 0) is 11.3 Å². The Balaban J connectivity index is 2.37. The fourth-order valence-corrected chi connectivity index (χ4v) is 1.86. The van der Waals surface area contributed by atoms with E-state index in [4.69, 9.17) is 4.74 Å². The molecular weight excluding hydrogens is 254 g/mol. The highest BCUT2D eigenvalue weighted by Gasteiger charge is 2.10. The van der Waals surface area contributed by atoms with E-state index in [1.807, 2.05) is 23.9 Å². The van der Waals surface area contributed by atoms with Crippen LogP contribution in [0.2, 0.25) is 0 Å². The Hall–Kier alpha value is -1.95. The van der Waals surface area contributed by atoms with Gasteiger partial charge in [-0.3, -0.25) is 4.68 Å². The van der Waals surface area contributed by atoms with Crippen LogP contribution in [0.4, 0.5) is 5.82 Å². The van der Waals surface area contributed by atoms with Crippen LogP contribution in [0.3, 0.4) is 0 Å². The smallest absolute Gasteiger partial charge is 0.165 e. The van der Waals surface area contributed by atoms with Gasteiger partial charge in [0.2, 0.25) is 0 Å². The van der Waals surface area contributed by atoms with Gasteiger partial charge in [-0.2, -0.15) is 5.10 Å². The Morgan fingerprint density at radius 1 is 1.35 bits per heavy atom. The van der Waals surface area contributed by atoms with Crippen LogP contribution in [0.15, 0.2) is 18.5 Å². The van der Waals surface area contributed by atoms with Crippen LogP contribution in [0.5, 0.6) is 0 Å². The van der Waals surface area contributed by atoms with Crippen LogP contribution in [0, 0.1) is 0 Å². The summed E-state index contributed by atoms with van der Waals surface area (Å²) in [4.78, 5) is 9.04. The van der Waals surface area contributed by atoms with Crippen molar-refractivity contribution >= 4 is 5.82 Å². The normalized spacial score (nSPS) is 11.1. The van der Waals surface area contributed by atoms with Crippen molar-refractivity contribution < 1.29 is 4.74 Å². The van der Waals surface area contributed by atoms with Gasteiger partial charge in [0, 0.05) is 32.0 Å². The maximum absolute atomic E-state index is 5.16. The second-order valence-electron chi connectivity index (χ2n) is 4.83. The molecule has 0 aromatic carbocycles. The molecule has 108 valence electrons. The first-order valence-corrected chi connectivity index (χ1v) is 6.79. The van der Waals surface area contributed by atoms with Gasteiger partial charge in [-0.25, -0.2) is 9.97 Å². The Morgan fingerprint density at radius 2 is 2.15 bits per heavy atom. The maximum atomic E-state index is 5.16. The Bertz CT molecular complexity index is 540. The zero-order valence-electron chi connectivity index (χ0n) is 12.4. The van der Waals surface area contributed by atoms with E-state index in [9.17, 15) is 0 Å². The summed E-state index contributed by atoms with van der Waals surface area (Å²) >= 11 is 0. The second kappa shape index (κ2) is 6.47. The number of anilines is 1. The molecule has 6 heteroatoms. The topological polar surface area (TPSA) is 64.9 Å². The van der Waals surface area contributed by atoms with E-state index in [1.54, 1.807) is 13.3 Å². The lowest BCUT2D eigenvalue weighted by atomic mass is 10.3. The summed E-state index contributed by atoms with van der Waals surface area (Å²) in [7, 11) is 1.66. The minimum absolute atomic E-state index is 0.319.